The molecule has 0 radical (unpaired) electrons. The van der Waals surface area contributed by atoms with Crippen molar-refractivity contribution in [1.82, 2.24) is 9.55 Å². The molecule has 0 aliphatic rings. The normalized spacial score (nSPS) is 10.8. The minimum atomic E-state index is 0.666. The molecule has 3 aromatic rings. The van der Waals surface area contributed by atoms with Crippen LogP contribution in [0, 0.1) is 6.92 Å². The maximum Gasteiger partial charge on any atom is 0.166 e. The lowest BCUT2D eigenvalue weighted by atomic mass is 10.1. The number of carbonyl (C=O) groups is 1. The monoisotopic (exact) mass is 250 g/mol. The van der Waals surface area contributed by atoms with Crippen LogP contribution in [0.15, 0.2) is 48.8 Å². The van der Waals surface area contributed by atoms with Gasteiger partial charge in [-0.15, -0.1) is 0 Å². The zero-order valence-corrected chi connectivity index (χ0v) is 10.7. The van der Waals surface area contributed by atoms with Crippen LogP contribution in [0.25, 0.3) is 10.9 Å². The number of aromatic nitrogens is 2. The summed E-state index contributed by atoms with van der Waals surface area (Å²) in [7, 11) is 0. The second kappa shape index (κ2) is 4.69. The average molecular weight is 250 g/mol. The molecule has 3 nitrogen and oxygen atoms in total. The van der Waals surface area contributed by atoms with Gasteiger partial charge in [0.05, 0.1) is 11.2 Å². The minimum Gasteiger partial charge on any atom is -0.341 e. The van der Waals surface area contributed by atoms with E-state index in [1.165, 1.54) is 0 Å². The van der Waals surface area contributed by atoms with Crippen molar-refractivity contribution in [2.45, 2.75) is 13.5 Å². The molecule has 0 saturated heterocycles. The summed E-state index contributed by atoms with van der Waals surface area (Å²) in [6, 6.07) is 12.0. The average Bonchev–Trinajstić information content (AvgIpc) is 2.78. The first-order valence-corrected chi connectivity index (χ1v) is 6.22. The third kappa shape index (κ3) is 2.27. The van der Waals surface area contributed by atoms with Crippen LogP contribution in [0.3, 0.4) is 0 Å². The van der Waals surface area contributed by atoms with Crippen LogP contribution in [0.5, 0.6) is 0 Å². The Morgan fingerprint density at radius 1 is 1.26 bits per heavy atom. The number of para-hydroxylation sites is 1. The third-order valence-corrected chi connectivity index (χ3v) is 3.19. The van der Waals surface area contributed by atoms with Crippen LogP contribution in [0.2, 0.25) is 0 Å². The van der Waals surface area contributed by atoms with Gasteiger partial charge in [0.15, 0.2) is 6.29 Å². The van der Waals surface area contributed by atoms with Crippen LogP contribution in [0.1, 0.15) is 21.6 Å². The number of hydrogen-bond donors (Lipinski definition) is 0. The Hall–Kier alpha value is -2.42. The van der Waals surface area contributed by atoms with E-state index in [-0.39, 0.29) is 0 Å². The molecule has 3 rings (SSSR count). The highest BCUT2D eigenvalue weighted by Crippen LogP contribution is 2.15. The van der Waals surface area contributed by atoms with Crippen molar-refractivity contribution >= 4 is 17.2 Å². The summed E-state index contributed by atoms with van der Waals surface area (Å²) in [6.45, 7) is 2.65. The van der Waals surface area contributed by atoms with Crippen molar-refractivity contribution in [2.24, 2.45) is 0 Å². The van der Waals surface area contributed by atoms with Crippen LogP contribution < -0.4 is 0 Å². The van der Waals surface area contributed by atoms with Crippen LogP contribution in [-0.2, 0) is 6.54 Å². The summed E-state index contributed by atoms with van der Waals surface area (Å²) in [5.41, 5.74) is 3.88. The molecule has 0 unspecified atom stereocenters. The number of carbonyl (C=O) groups excluding carboxylic acids is 1. The highest BCUT2D eigenvalue weighted by molar-refractivity contribution is 5.78. The maximum atomic E-state index is 11.0. The maximum absolute atomic E-state index is 11.0. The van der Waals surface area contributed by atoms with Crippen LogP contribution in [0.4, 0.5) is 0 Å². The summed E-state index contributed by atoms with van der Waals surface area (Å²) in [6.07, 6.45) is 4.74. The Kier molecular flexibility index (Phi) is 2.88. The molecule has 0 aliphatic carbocycles. The molecule has 0 saturated carbocycles. The zero-order valence-electron chi connectivity index (χ0n) is 10.7. The first kappa shape index (κ1) is 11.7. The molecule has 2 aromatic heterocycles. The van der Waals surface area contributed by atoms with E-state index in [4.69, 9.17) is 0 Å². The van der Waals surface area contributed by atoms with Gasteiger partial charge in [-0.1, -0.05) is 18.2 Å². The molecule has 3 heteroatoms. The molecular formula is C16H14N2O. The second-order valence-electron chi connectivity index (χ2n) is 4.72. The molecule has 0 fully saturated rings. The minimum absolute atomic E-state index is 0.666. The Labute approximate surface area is 111 Å². The lowest BCUT2D eigenvalue weighted by Gasteiger charge is -2.06. The first-order valence-electron chi connectivity index (χ1n) is 6.22. The molecular weight excluding hydrogens is 236 g/mol. The largest absolute Gasteiger partial charge is 0.341 e. The third-order valence-electron chi connectivity index (χ3n) is 3.19. The van der Waals surface area contributed by atoms with Crippen molar-refractivity contribution in [3.05, 3.63) is 65.6 Å². The van der Waals surface area contributed by atoms with E-state index in [0.717, 1.165) is 28.3 Å². The number of aryl methyl sites for hydroxylation is 1. The lowest BCUT2D eigenvalue weighted by molar-refractivity contribution is 0.111. The Morgan fingerprint density at radius 3 is 2.95 bits per heavy atom. The van der Waals surface area contributed by atoms with Gasteiger partial charge in [0.1, 0.15) is 0 Å². The summed E-state index contributed by atoms with van der Waals surface area (Å²) in [4.78, 5) is 15.4. The standard InChI is InChI=1S/C16H14N2O/c1-12-6-15(11-19)18(9-12)10-13-7-14-4-2-3-5-16(14)17-8-13/h2-9,11H,10H2,1H3. The Morgan fingerprint density at radius 2 is 2.11 bits per heavy atom. The fraction of sp³-hybridized carbons (Fsp3) is 0.125. The number of benzene rings is 1. The second-order valence-corrected chi connectivity index (χ2v) is 4.72. The van der Waals surface area contributed by atoms with Gasteiger partial charge in [-0.05, 0) is 36.2 Å². The van der Waals surface area contributed by atoms with Gasteiger partial charge in [-0.2, -0.15) is 0 Å². The fourth-order valence-corrected chi connectivity index (χ4v) is 2.31. The van der Waals surface area contributed by atoms with E-state index in [1.54, 1.807) is 0 Å². The molecule has 0 atom stereocenters. The van der Waals surface area contributed by atoms with E-state index >= 15 is 0 Å². The number of hydrogen-bond acceptors (Lipinski definition) is 2. The topological polar surface area (TPSA) is 34.9 Å². The molecule has 0 amide bonds. The van der Waals surface area contributed by atoms with Crippen molar-refractivity contribution in [3.63, 3.8) is 0 Å². The number of rotatable bonds is 3. The summed E-state index contributed by atoms with van der Waals surface area (Å²) in [5.74, 6) is 0. The van der Waals surface area contributed by atoms with E-state index < -0.39 is 0 Å². The van der Waals surface area contributed by atoms with E-state index in [1.807, 2.05) is 54.2 Å². The van der Waals surface area contributed by atoms with Crippen LogP contribution in [-0.4, -0.2) is 15.8 Å². The Bertz CT molecular complexity index is 743. The van der Waals surface area contributed by atoms with Gasteiger partial charge in [-0.3, -0.25) is 9.78 Å². The van der Waals surface area contributed by atoms with E-state index in [0.29, 0.717) is 12.2 Å². The molecule has 0 aliphatic heterocycles. The summed E-state index contributed by atoms with van der Waals surface area (Å²) >= 11 is 0. The van der Waals surface area contributed by atoms with Crippen molar-refractivity contribution < 1.29 is 4.79 Å². The highest BCUT2D eigenvalue weighted by atomic mass is 16.1. The van der Waals surface area contributed by atoms with Crippen LogP contribution >= 0.6 is 0 Å². The molecule has 0 bridgehead atoms. The number of pyridine rings is 1. The van der Waals surface area contributed by atoms with Gasteiger partial charge in [0.25, 0.3) is 0 Å². The SMILES string of the molecule is Cc1cc(C=O)n(Cc2cnc3ccccc3c2)c1. The summed E-state index contributed by atoms with van der Waals surface area (Å²) in [5, 5.41) is 1.12. The molecule has 94 valence electrons. The van der Waals surface area contributed by atoms with Gasteiger partial charge in [0, 0.05) is 24.3 Å². The number of nitrogens with zero attached hydrogens (tertiary/aromatic N) is 2. The van der Waals surface area contributed by atoms with Crippen molar-refractivity contribution in [3.8, 4) is 0 Å². The Balaban J connectivity index is 1.98. The lowest BCUT2D eigenvalue weighted by Crippen LogP contribution is -2.02. The first-order chi connectivity index (χ1) is 9.26. The smallest absolute Gasteiger partial charge is 0.166 e. The quantitative estimate of drug-likeness (QED) is 0.669. The molecule has 19 heavy (non-hydrogen) atoms. The number of fused-ring (bicyclic) bond motifs is 1. The van der Waals surface area contributed by atoms with Gasteiger partial charge in [-0.25, -0.2) is 0 Å². The van der Waals surface area contributed by atoms with Crippen molar-refractivity contribution in [1.29, 1.82) is 0 Å². The molecule has 1 aromatic carbocycles. The van der Waals surface area contributed by atoms with Gasteiger partial charge >= 0.3 is 0 Å². The molecule has 0 spiro atoms. The van der Waals surface area contributed by atoms with Gasteiger partial charge < -0.3 is 4.57 Å². The molecule has 2 heterocycles. The highest BCUT2D eigenvalue weighted by Gasteiger charge is 2.04. The molecule has 0 N–H and O–H groups in total. The van der Waals surface area contributed by atoms with E-state index in [2.05, 4.69) is 11.1 Å². The number of aldehydes is 1. The predicted octanol–water partition coefficient (Wildman–Crippen LogP) is 3.21. The predicted molar refractivity (Wildman–Crippen MR) is 75.4 cm³/mol. The summed E-state index contributed by atoms with van der Waals surface area (Å²) < 4.78 is 1.95. The van der Waals surface area contributed by atoms with Crippen molar-refractivity contribution in [2.75, 3.05) is 0 Å². The zero-order chi connectivity index (χ0) is 13.2. The van der Waals surface area contributed by atoms with Gasteiger partial charge in [0.2, 0.25) is 0 Å². The van der Waals surface area contributed by atoms with E-state index in [9.17, 15) is 4.79 Å². The fourth-order valence-electron chi connectivity index (χ4n) is 2.31.